The minimum Gasteiger partial charge on any atom is -0.355 e. The van der Waals surface area contributed by atoms with Crippen molar-refractivity contribution in [1.82, 2.24) is 25.1 Å². The van der Waals surface area contributed by atoms with Crippen LogP contribution in [0.25, 0.3) is 22.3 Å². The molecule has 1 unspecified atom stereocenters. The summed E-state index contributed by atoms with van der Waals surface area (Å²) >= 11 is 0. The van der Waals surface area contributed by atoms with E-state index in [1.807, 2.05) is 37.3 Å². The number of pyridine rings is 1. The van der Waals surface area contributed by atoms with Crippen molar-refractivity contribution in [2.45, 2.75) is 25.7 Å². The molecule has 1 aliphatic rings. The standard InChI is InChI=1S/C21H20N6O/c1-14-23-21(28-26-14)16-5-4-12-27(13-16)20-17-6-2-3-7-18(17)24-19(25-20)15-8-10-22-11-9-15/h2-3,6-11,16H,4-5,12-13H2,1H3. The maximum Gasteiger partial charge on any atom is 0.231 e. The molecule has 1 atom stereocenters. The van der Waals surface area contributed by atoms with Gasteiger partial charge < -0.3 is 9.42 Å². The van der Waals surface area contributed by atoms with Crippen molar-refractivity contribution in [3.05, 3.63) is 60.5 Å². The van der Waals surface area contributed by atoms with Crippen LogP contribution in [0.3, 0.4) is 0 Å². The number of aryl methyl sites for hydroxylation is 1. The predicted octanol–water partition coefficient (Wildman–Crippen LogP) is 3.77. The zero-order valence-corrected chi connectivity index (χ0v) is 15.6. The van der Waals surface area contributed by atoms with Gasteiger partial charge in [0, 0.05) is 36.4 Å². The fourth-order valence-corrected chi connectivity index (χ4v) is 3.78. The minimum absolute atomic E-state index is 0.216. The van der Waals surface area contributed by atoms with Crippen LogP contribution in [0.5, 0.6) is 0 Å². The first-order chi connectivity index (χ1) is 13.8. The molecule has 7 nitrogen and oxygen atoms in total. The van der Waals surface area contributed by atoms with Crippen LogP contribution in [-0.4, -0.2) is 38.2 Å². The molecule has 4 heterocycles. The minimum atomic E-state index is 0.216. The van der Waals surface area contributed by atoms with E-state index in [0.29, 0.717) is 11.6 Å². The summed E-state index contributed by atoms with van der Waals surface area (Å²) in [5.41, 5.74) is 1.90. The Bertz CT molecular complexity index is 1110. The van der Waals surface area contributed by atoms with Gasteiger partial charge >= 0.3 is 0 Å². The van der Waals surface area contributed by atoms with Gasteiger partial charge in [0.15, 0.2) is 11.6 Å². The third-order valence-electron chi connectivity index (χ3n) is 5.14. The number of anilines is 1. The largest absolute Gasteiger partial charge is 0.355 e. The molecular weight excluding hydrogens is 352 g/mol. The topological polar surface area (TPSA) is 80.8 Å². The van der Waals surface area contributed by atoms with Gasteiger partial charge in [0.05, 0.1) is 11.4 Å². The number of aromatic nitrogens is 5. The lowest BCUT2D eigenvalue weighted by Gasteiger charge is -2.32. The van der Waals surface area contributed by atoms with E-state index < -0.39 is 0 Å². The molecule has 5 rings (SSSR count). The Morgan fingerprint density at radius 1 is 1.04 bits per heavy atom. The lowest BCUT2D eigenvalue weighted by molar-refractivity contribution is 0.331. The van der Waals surface area contributed by atoms with Gasteiger partial charge in [-0.15, -0.1) is 0 Å². The van der Waals surface area contributed by atoms with E-state index in [2.05, 4.69) is 26.1 Å². The highest BCUT2D eigenvalue weighted by Gasteiger charge is 2.27. The first kappa shape index (κ1) is 16.8. The second-order valence-electron chi connectivity index (χ2n) is 7.09. The van der Waals surface area contributed by atoms with E-state index in [4.69, 9.17) is 14.5 Å². The highest BCUT2D eigenvalue weighted by atomic mass is 16.5. The molecule has 0 spiro atoms. The second-order valence-corrected chi connectivity index (χ2v) is 7.09. The van der Waals surface area contributed by atoms with E-state index >= 15 is 0 Å². The maximum absolute atomic E-state index is 5.44. The molecule has 0 amide bonds. The van der Waals surface area contributed by atoms with E-state index in [-0.39, 0.29) is 5.92 Å². The van der Waals surface area contributed by atoms with Crippen LogP contribution in [0, 0.1) is 6.92 Å². The maximum atomic E-state index is 5.44. The summed E-state index contributed by atoms with van der Waals surface area (Å²) in [6.45, 7) is 3.60. The number of piperidine rings is 1. The zero-order chi connectivity index (χ0) is 18.9. The zero-order valence-electron chi connectivity index (χ0n) is 15.6. The monoisotopic (exact) mass is 372 g/mol. The molecule has 0 aliphatic carbocycles. The third-order valence-corrected chi connectivity index (χ3v) is 5.14. The number of nitrogens with zero attached hydrogens (tertiary/aromatic N) is 6. The van der Waals surface area contributed by atoms with Gasteiger partial charge in [-0.3, -0.25) is 4.98 Å². The summed E-state index contributed by atoms with van der Waals surface area (Å²) in [7, 11) is 0. The van der Waals surface area contributed by atoms with Gasteiger partial charge in [0.25, 0.3) is 0 Å². The summed E-state index contributed by atoms with van der Waals surface area (Å²) in [5, 5.41) is 5.02. The van der Waals surface area contributed by atoms with Crippen molar-refractivity contribution in [2.75, 3.05) is 18.0 Å². The van der Waals surface area contributed by atoms with Crippen LogP contribution < -0.4 is 4.90 Å². The third kappa shape index (κ3) is 3.09. The molecule has 1 saturated heterocycles. The number of hydrogen-bond acceptors (Lipinski definition) is 7. The van der Waals surface area contributed by atoms with Crippen molar-refractivity contribution in [1.29, 1.82) is 0 Å². The Morgan fingerprint density at radius 2 is 1.89 bits per heavy atom. The lowest BCUT2D eigenvalue weighted by Crippen LogP contribution is -2.35. The summed E-state index contributed by atoms with van der Waals surface area (Å²) in [6, 6.07) is 12.0. The molecule has 28 heavy (non-hydrogen) atoms. The molecule has 1 aliphatic heterocycles. The van der Waals surface area contributed by atoms with Gasteiger partial charge in [-0.1, -0.05) is 17.3 Å². The van der Waals surface area contributed by atoms with Gasteiger partial charge in [-0.05, 0) is 44.0 Å². The van der Waals surface area contributed by atoms with E-state index in [9.17, 15) is 0 Å². The first-order valence-corrected chi connectivity index (χ1v) is 9.50. The van der Waals surface area contributed by atoms with Gasteiger partial charge in [-0.2, -0.15) is 4.98 Å². The SMILES string of the molecule is Cc1noc(C2CCCN(c3nc(-c4ccncc4)nc4ccccc34)C2)n1. The number of benzene rings is 1. The van der Waals surface area contributed by atoms with Crippen molar-refractivity contribution in [2.24, 2.45) is 0 Å². The molecule has 1 fully saturated rings. The molecule has 1 aromatic carbocycles. The number of rotatable bonds is 3. The lowest BCUT2D eigenvalue weighted by atomic mass is 9.97. The van der Waals surface area contributed by atoms with Crippen LogP contribution >= 0.6 is 0 Å². The number of para-hydroxylation sites is 1. The highest BCUT2D eigenvalue weighted by molar-refractivity contribution is 5.91. The van der Waals surface area contributed by atoms with Crippen LogP contribution in [0.4, 0.5) is 5.82 Å². The van der Waals surface area contributed by atoms with E-state index in [0.717, 1.165) is 54.1 Å². The fraction of sp³-hybridized carbons (Fsp3) is 0.286. The molecule has 140 valence electrons. The molecule has 0 N–H and O–H groups in total. The molecular formula is C21H20N6O. The molecule has 3 aromatic heterocycles. The van der Waals surface area contributed by atoms with Gasteiger partial charge in [0.1, 0.15) is 5.82 Å². The highest BCUT2D eigenvalue weighted by Crippen LogP contribution is 2.33. The second kappa shape index (κ2) is 6.99. The van der Waals surface area contributed by atoms with E-state index in [1.165, 1.54) is 0 Å². The Labute approximate surface area is 162 Å². The fourth-order valence-electron chi connectivity index (χ4n) is 3.78. The summed E-state index contributed by atoms with van der Waals surface area (Å²) in [5.74, 6) is 3.28. The average molecular weight is 372 g/mol. The van der Waals surface area contributed by atoms with Crippen molar-refractivity contribution >= 4 is 16.7 Å². The predicted molar refractivity (Wildman–Crippen MR) is 106 cm³/mol. The Balaban J connectivity index is 1.57. The van der Waals surface area contributed by atoms with E-state index in [1.54, 1.807) is 12.4 Å². The number of fused-ring (bicyclic) bond motifs is 1. The summed E-state index contributed by atoms with van der Waals surface area (Å²) < 4.78 is 5.44. The Hall–Kier alpha value is -3.35. The molecule has 0 saturated carbocycles. The normalized spacial score (nSPS) is 17.2. The average Bonchev–Trinajstić information content (AvgIpc) is 3.20. The molecule has 4 aromatic rings. The van der Waals surface area contributed by atoms with Crippen LogP contribution in [-0.2, 0) is 0 Å². The first-order valence-electron chi connectivity index (χ1n) is 9.50. The van der Waals surface area contributed by atoms with Crippen molar-refractivity contribution in [3.8, 4) is 11.4 Å². The summed E-state index contributed by atoms with van der Waals surface area (Å²) in [4.78, 5) is 20.6. The smallest absolute Gasteiger partial charge is 0.231 e. The molecule has 7 heteroatoms. The van der Waals surface area contributed by atoms with Crippen molar-refractivity contribution in [3.63, 3.8) is 0 Å². The van der Waals surface area contributed by atoms with Crippen LogP contribution in [0.2, 0.25) is 0 Å². The summed E-state index contributed by atoms with van der Waals surface area (Å²) in [6.07, 6.45) is 5.62. The van der Waals surface area contributed by atoms with Gasteiger partial charge in [0.2, 0.25) is 5.89 Å². The van der Waals surface area contributed by atoms with Crippen molar-refractivity contribution < 1.29 is 4.52 Å². The molecule has 0 radical (unpaired) electrons. The quantitative estimate of drug-likeness (QED) is 0.541. The Kier molecular flexibility index (Phi) is 4.20. The van der Waals surface area contributed by atoms with Crippen LogP contribution in [0.1, 0.15) is 30.5 Å². The van der Waals surface area contributed by atoms with Gasteiger partial charge in [-0.25, -0.2) is 9.97 Å². The Morgan fingerprint density at radius 3 is 2.71 bits per heavy atom. The van der Waals surface area contributed by atoms with Crippen LogP contribution in [0.15, 0.2) is 53.3 Å². The number of hydrogen-bond donors (Lipinski definition) is 0. The molecule has 0 bridgehead atoms.